The maximum atomic E-state index is 8.76. The molecule has 0 bridgehead atoms. The zero-order valence-corrected chi connectivity index (χ0v) is 8.60. The van der Waals surface area contributed by atoms with Gasteiger partial charge in [0, 0.05) is 6.42 Å². The molecule has 0 aliphatic rings. The monoisotopic (exact) mass is 199 g/mol. The van der Waals surface area contributed by atoms with Gasteiger partial charge in [0.1, 0.15) is 6.04 Å². The van der Waals surface area contributed by atoms with Gasteiger partial charge in [-0.3, -0.25) is 0 Å². The van der Waals surface area contributed by atoms with E-state index in [0.29, 0.717) is 17.6 Å². The van der Waals surface area contributed by atoms with Gasteiger partial charge in [-0.25, -0.2) is 0 Å². The molecule has 0 saturated heterocycles. The number of hydrogen-bond donors (Lipinski definition) is 2. The summed E-state index contributed by atoms with van der Waals surface area (Å²) in [5.41, 5.74) is 5.52. The van der Waals surface area contributed by atoms with E-state index in [1.54, 1.807) is 0 Å². The van der Waals surface area contributed by atoms with Crippen LogP contribution in [-0.2, 0) is 6.42 Å². The van der Waals surface area contributed by atoms with Gasteiger partial charge in [0.25, 0.3) is 0 Å². The smallest absolute Gasteiger partial charge is 0.245 e. The van der Waals surface area contributed by atoms with Crippen molar-refractivity contribution in [2.24, 2.45) is 11.7 Å². The zero-order chi connectivity index (χ0) is 10.6. The Labute approximate surface area is 83.3 Å². The standard InChI is InChI=1S/C9H17N3O2/c1-6(2)3-4-8-11-9(14-12-8)7(10)5-13/h6-7,13H,3-5,10H2,1-2H3/t7-/m1/s1. The predicted molar refractivity (Wildman–Crippen MR) is 51.5 cm³/mol. The lowest BCUT2D eigenvalue weighted by Crippen LogP contribution is -2.14. The molecule has 5 heteroatoms. The van der Waals surface area contributed by atoms with Crippen LogP contribution >= 0.6 is 0 Å². The van der Waals surface area contributed by atoms with E-state index in [2.05, 4.69) is 24.0 Å². The van der Waals surface area contributed by atoms with E-state index >= 15 is 0 Å². The number of aliphatic hydroxyl groups is 1. The molecule has 80 valence electrons. The highest BCUT2D eigenvalue weighted by atomic mass is 16.5. The van der Waals surface area contributed by atoms with Crippen LogP contribution in [0.1, 0.15) is 38.0 Å². The van der Waals surface area contributed by atoms with Gasteiger partial charge in [-0.2, -0.15) is 4.98 Å². The summed E-state index contributed by atoms with van der Waals surface area (Å²) in [5, 5.41) is 12.5. The van der Waals surface area contributed by atoms with Gasteiger partial charge < -0.3 is 15.4 Å². The Kier molecular flexibility index (Phi) is 4.03. The third kappa shape index (κ3) is 3.08. The molecule has 14 heavy (non-hydrogen) atoms. The molecule has 0 radical (unpaired) electrons. The number of nitrogens with zero attached hydrogens (tertiary/aromatic N) is 2. The topological polar surface area (TPSA) is 85.2 Å². The van der Waals surface area contributed by atoms with Crippen molar-refractivity contribution in [3.63, 3.8) is 0 Å². The van der Waals surface area contributed by atoms with Crippen molar-refractivity contribution in [1.29, 1.82) is 0 Å². The normalized spacial score (nSPS) is 13.5. The summed E-state index contributed by atoms with van der Waals surface area (Å²) in [4.78, 5) is 4.09. The Hall–Kier alpha value is -0.940. The van der Waals surface area contributed by atoms with Crippen molar-refractivity contribution < 1.29 is 9.63 Å². The molecule has 1 heterocycles. The molecule has 1 aromatic heterocycles. The highest BCUT2D eigenvalue weighted by Gasteiger charge is 2.13. The minimum atomic E-state index is -0.560. The first-order chi connectivity index (χ1) is 6.63. The van der Waals surface area contributed by atoms with Gasteiger partial charge in [-0.15, -0.1) is 0 Å². The quantitative estimate of drug-likeness (QED) is 0.727. The maximum absolute atomic E-state index is 8.76. The third-order valence-electron chi connectivity index (χ3n) is 1.94. The molecule has 1 rings (SSSR count). The van der Waals surface area contributed by atoms with Gasteiger partial charge >= 0.3 is 0 Å². The zero-order valence-electron chi connectivity index (χ0n) is 8.60. The highest BCUT2D eigenvalue weighted by molar-refractivity contribution is 4.91. The number of aromatic nitrogens is 2. The number of aliphatic hydroxyl groups excluding tert-OH is 1. The summed E-state index contributed by atoms with van der Waals surface area (Å²) in [7, 11) is 0. The summed E-state index contributed by atoms with van der Waals surface area (Å²) in [6.07, 6.45) is 1.81. The molecule has 0 aliphatic carbocycles. The molecular formula is C9H17N3O2. The minimum absolute atomic E-state index is 0.175. The Bertz CT molecular complexity index is 273. The second-order valence-corrected chi connectivity index (χ2v) is 3.77. The lowest BCUT2D eigenvalue weighted by Gasteiger charge is -2.00. The van der Waals surface area contributed by atoms with Crippen molar-refractivity contribution in [3.05, 3.63) is 11.7 Å². The number of nitrogens with two attached hydrogens (primary N) is 1. The number of aryl methyl sites for hydroxylation is 1. The van der Waals surface area contributed by atoms with Crippen LogP contribution in [-0.4, -0.2) is 21.9 Å². The molecule has 0 saturated carbocycles. The van der Waals surface area contributed by atoms with Crippen molar-refractivity contribution >= 4 is 0 Å². The van der Waals surface area contributed by atoms with Crippen molar-refractivity contribution in [2.45, 2.75) is 32.7 Å². The van der Waals surface area contributed by atoms with E-state index in [9.17, 15) is 0 Å². The molecule has 1 atom stereocenters. The van der Waals surface area contributed by atoms with Gasteiger partial charge in [0.05, 0.1) is 6.61 Å². The minimum Gasteiger partial charge on any atom is -0.394 e. The van der Waals surface area contributed by atoms with E-state index < -0.39 is 6.04 Å². The van der Waals surface area contributed by atoms with Crippen LogP contribution in [0.15, 0.2) is 4.52 Å². The largest absolute Gasteiger partial charge is 0.394 e. The number of rotatable bonds is 5. The van der Waals surface area contributed by atoms with Crippen LogP contribution in [0.2, 0.25) is 0 Å². The Morgan fingerprint density at radius 3 is 2.79 bits per heavy atom. The molecule has 0 aliphatic heterocycles. The van der Waals surface area contributed by atoms with E-state index in [0.717, 1.165) is 12.8 Å². The molecule has 0 unspecified atom stereocenters. The predicted octanol–water partition coefficient (Wildman–Crippen LogP) is 0.650. The molecule has 0 fully saturated rings. The summed E-state index contributed by atoms with van der Waals surface area (Å²) >= 11 is 0. The molecule has 5 nitrogen and oxygen atoms in total. The summed E-state index contributed by atoms with van der Waals surface area (Å²) < 4.78 is 4.90. The van der Waals surface area contributed by atoms with Crippen LogP contribution in [0.25, 0.3) is 0 Å². The fraction of sp³-hybridized carbons (Fsp3) is 0.778. The Morgan fingerprint density at radius 1 is 1.50 bits per heavy atom. The summed E-state index contributed by atoms with van der Waals surface area (Å²) in [5.74, 6) is 1.59. The van der Waals surface area contributed by atoms with E-state index in [1.165, 1.54) is 0 Å². The average Bonchev–Trinajstić information content (AvgIpc) is 2.62. The molecule has 0 aromatic carbocycles. The van der Waals surface area contributed by atoms with Crippen LogP contribution in [0, 0.1) is 5.92 Å². The summed E-state index contributed by atoms with van der Waals surface area (Å²) in [6.45, 7) is 4.10. The second kappa shape index (κ2) is 5.07. The fourth-order valence-electron chi connectivity index (χ4n) is 1.02. The first-order valence-corrected chi connectivity index (χ1v) is 4.82. The lowest BCUT2D eigenvalue weighted by atomic mass is 10.1. The molecular weight excluding hydrogens is 182 g/mol. The van der Waals surface area contributed by atoms with Crippen molar-refractivity contribution in [3.8, 4) is 0 Å². The highest BCUT2D eigenvalue weighted by Crippen LogP contribution is 2.09. The van der Waals surface area contributed by atoms with Crippen LogP contribution in [0.5, 0.6) is 0 Å². The van der Waals surface area contributed by atoms with Crippen molar-refractivity contribution in [1.82, 2.24) is 10.1 Å². The fourth-order valence-corrected chi connectivity index (χ4v) is 1.02. The van der Waals surface area contributed by atoms with Gasteiger partial charge in [0.15, 0.2) is 5.82 Å². The first kappa shape index (κ1) is 11.1. The van der Waals surface area contributed by atoms with E-state index in [4.69, 9.17) is 15.4 Å². The first-order valence-electron chi connectivity index (χ1n) is 4.82. The van der Waals surface area contributed by atoms with Gasteiger partial charge in [0.2, 0.25) is 5.89 Å². The molecule has 3 N–H and O–H groups in total. The van der Waals surface area contributed by atoms with E-state index in [1.807, 2.05) is 0 Å². The van der Waals surface area contributed by atoms with Crippen LogP contribution in [0.3, 0.4) is 0 Å². The van der Waals surface area contributed by atoms with E-state index in [-0.39, 0.29) is 6.61 Å². The third-order valence-corrected chi connectivity index (χ3v) is 1.94. The molecule has 1 aromatic rings. The Balaban J connectivity index is 2.50. The van der Waals surface area contributed by atoms with Crippen LogP contribution < -0.4 is 5.73 Å². The van der Waals surface area contributed by atoms with Crippen LogP contribution in [0.4, 0.5) is 0 Å². The maximum Gasteiger partial charge on any atom is 0.245 e. The Morgan fingerprint density at radius 2 is 2.21 bits per heavy atom. The number of hydrogen-bond acceptors (Lipinski definition) is 5. The average molecular weight is 199 g/mol. The summed E-state index contributed by atoms with van der Waals surface area (Å²) in [6, 6.07) is -0.560. The second-order valence-electron chi connectivity index (χ2n) is 3.77. The molecule has 0 spiro atoms. The SMILES string of the molecule is CC(C)CCc1noc([C@H](N)CO)n1. The van der Waals surface area contributed by atoms with Crippen molar-refractivity contribution in [2.75, 3.05) is 6.61 Å². The molecule has 0 amide bonds. The lowest BCUT2D eigenvalue weighted by molar-refractivity contribution is 0.236. The van der Waals surface area contributed by atoms with Gasteiger partial charge in [-0.1, -0.05) is 19.0 Å². The van der Waals surface area contributed by atoms with Gasteiger partial charge in [-0.05, 0) is 12.3 Å².